The zero-order valence-electron chi connectivity index (χ0n) is 10.9. The minimum absolute atomic E-state index is 0.148. The summed E-state index contributed by atoms with van der Waals surface area (Å²) in [6, 6.07) is 12.6. The summed E-state index contributed by atoms with van der Waals surface area (Å²) in [6.45, 7) is 0. The number of carbonyl (C=O) groups is 2. The summed E-state index contributed by atoms with van der Waals surface area (Å²) in [5.41, 5.74) is 0.297. The summed E-state index contributed by atoms with van der Waals surface area (Å²) in [5.74, 6) is -2.03. The van der Waals surface area contributed by atoms with E-state index in [0.29, 0.717) is 7.14 Å². The molecule has 116 valence electrons. The number of hydrogen-bond donors (Lipinski definition) is 2. The molecule has 2 aromatic carbocycles. The molecule has 2 aromatic rings. The Bertz CT molecular complexity index is 652. The molecule has 2 N–H and O–H groups in total. The van der Waals surface area contributed by atoms with Gasteiger partial charge in [0.05, 0.1) is 18.3 Å². The number of hydrogen-bond acceptors (Lipinski definition) is 4. The van der Waals surface area contributed by atoms with Crippen LogP contribution in [0.4, 0.5) is 0 Å². The van der Waals surface area contributed by atoms with E-state index in [4.69, 9.17) is 10.2 Å². The number of carboxylic acids is 2. The second-order valence-corrected chi connectivity index (χ2v) is 6.93. The number of halogens is 2. The van der Waals surface area contributed by atoms with Crippen LogP contribution in [0, 0.1) is 7.14 Å². The largest absolute Gasteiger partial charge is 0.478 e. The lowest BCUT2D eigenvalue weighted by atomic mass is 10.2. The van der Waals surface area contributed by atoms with Gasteiger partial charge in [0.15, 0.2) is 42.4 Å². The number of aromatic carboxylic acids is 2. The van der Waals surface area contributed by atoms with Gasteiger partial charge in [0.1, 0.15) is 0 Å². The highest BCUT2D eigenvalue weighted by atomic mass is 127. The summed E-state index contributed by atoms with van der Waals surface area (Å²) < 4.78 is 21.9. The molecule has 0 saturated heterocycles. The van der Waals surface area contributed by atoms with Crippen LogP contribution in [0.5, 0.6) is 0 Å². The Morgan fingerprint density at radius 1 is 0.682 bits per heavy atom. The molecule has 0 aliphatic heterocycles. The van der Waals surface area contributed by atoms with Gasteiger partial charge in [0, 0.05) is 0 Å². The molecular weight excluding hydrogens is 518 g/mol. The van der Waals surface area contributed by atoms with E-state index in [0.717, 1.165) is 0 Å². The molecule has 0 unspecified atom stereocenters. The topological polar surface area (TPSA) is 109 Å². The van der Waals surface area contributed by atoms with E-state index in [2.05, 4.69) is 0 Å². The normalized spacial score (nSPS) is 9.45. The molecule has 22 heavy (non-hydrogen) atoms. The average Bonchev–Trinajstić information content (AvgIpc) is 2.55. The lowest BCUT2D eigenvalue weighted by Crippen LogP contribution is -1.98. The second-order valence-electron chi connectivity index (χ2n) is 3.72. The third kappa shape index (κ3) is 5.33. The predicted molar refractivity (Wildman–Crippen MR) is 93.6 cm³/mol. The minimum Gasteiger partial charge on any atom is -0.478 e. The van der Waals surface area contributed by atoms with E-state index >= 15 is 0 Å². The molecule has 0 fully saturated rings. The highest BCUT2D eigenvalue weighted by Gasteiger charge is 2.08. The number of benzene rings is 2. The van der Waals surface area contributed by atoms with Crippen molar-refractivity contribution in [2.75, 3.05) is 0 Å². The fraction of sp³-hybridized carbons (Fsp3) is 0. The Labute approximate surface area is 146 Å². The lowest BCUT2D eigenvalue weighted by Gasteiger charge is -1.94. The molecule has 8 heteroatoms. The third-order valence-electron chi connectivity index (χ3n) is 2.37. The van der Waals surface area contributed by atoms with Gasteiger partial charge >= 0.3 is 11.9 Å². The summed E-state index contributed by atoms with van der Waals surface area (Å²) in [4.78, 5) is 20.9. The van der Waals surface area contributed by atoms with Crippen molar-refractivity contribution in [3.05, 3.63) is 66.8 Å². The van der Waals surface area contributed by atoms with Crippen molar-refractivity contribution < 1.29 is 25.9 Å². The maximum Gasteiger partial charge on any atom is 0.336 e. The average molecular weight is 528 g/mol. The Balaban J connectivity index is 0.000000220. The summed E-state index contributed by atoms with van der Waals surface area (Å²) in [5, 5.41) is 17.2. The van der Waals surface area contributed by atoms with Crippen LogP contribution in [-0.2, 0) is 6.14 Å². The highest BCUT2D eigenvalue weighted by Crippen LogP contribution is 2.15. The van der Waals surface area contributed by atoms with E-state index in [-0.39, 0.29) is 11.1 Å². The first-order chi connectivity index (χ1) is 10.5. The molecular formula is C14H10I2O6. The lowest BCUT2D eigenvalue weighted by molar-refractivity contribution is 0.0685. The Hall–Kier alpha value is -1.56. The van der Waals surface area contributed by atoms with Crippen molar-refractivity contribution in [2.45, 2.75) is 0 Å². The molecule has 0 saturated carbocycles. The van der Waals surface area contributed by atoms with Crippen LogP contribution in [0.25, 0.3) is 0 Å². The fourth-order valence-electron chi connectivity index (χ4n) is 1.40. The monoisotopic (exact) mass is 528 g/mol. The Kier molecular flexibility index (Phi) is 7.95. The second kappa shape index (κ2) is 9.46. The molecule has 0 spiro atoms. The quantitative estimate of drug-likeness (QED) is 0.586. The first kappa shape index (κ1) is 18.5. The van der Waals surface area contributed by atoms with Crippen LogP contribution in [0.3, 0.4) is 0 Å². The van der Waals surface area contributed by atoms with Gasteiger partial charge in [-0.15, -0.1) is 0 Å². The van der Waals surface area contributed by atoms with E-state index in [1.165, 1.54) is 12.1 Å². The molecule has 0 aromatic heterocycles. The van der Waals surface area contributed by atoms with E-state index in [1.54, 1.807) is 36.4 Å². The van der Waals surface area contributed by atoms with Crippen LogP contribution in [0.1, 0.15) is 20.7 Å². The van der Waals surface area contributed by atoms with Crippen LogP contribution < -0.4 is 0 Å². The fourth-order valence-corrected chi connectivity index (χ4v) is 3.41. The number of carboxylic acid groups (broad SMARTS) is 2. The molecule has 0 bridgehead atoms. The van der Waals surface area contributed by atoms with Crippen molar-refractivity contribution in [2.24, 2.45) is 0 Å². The zero-order valence-corrected chi connectivity index (χ0v) is 15.2. The summed E-state index contributed by atoms with van der Waals surface area (Å²) in [7, 11) is 0. The number of rotatable bonds is 4. The van der Waals surface area contributed by atoms with Crippen molar-refractivity contribution in [1.29, 1.82) is 0 Å². The van der Waals surface area contributed by atoms with Gasteiger partial charge < -0.3 is 10.2 Å². The van der Waals surface area contributed by atoms with E-state index in [1.807, 2.05) is 0 Å². The van der Waals surface area contributed by atoms with E-state index in [9.17, 15) is 15.7 Å². The standard InChI is InChI=1S/2C7H5IO3/c2*9-7(10)5-3-1-2-4-6(5)8-11/h2*1-4H,(H,9,10). The van der Waals surface area contributed by atoms with Gasteiger partial charge in [-0.2, -0.15) is 0 Å². The van der Waals surface area contributed by atoms with Crippen molar-refractivity contribution in [3.8, 4) is 0 Å². The SMILES string of the molecule is O=Ic1ccccc1C(=O)O.O=Ic1ccccc1C(=O)O. The molecule has 0 radical (unpaired) electrons. The molecule has 0 heterocycles. The van der Waals surface area contributed by atoms with Gasteiger partial charge in [0.2, 0.25) is 0 Å². The van der Waals surface area contributed by atoms with Crippen LogP contribution in [0.2, 0.25) is 0 Å². The van der Waals surface area contributed by atoms with E-state index < -0.39 is 54.3 Å². The van der Waals surface area contributed by atoms with Gasteiger partial charge in [-0.3, -0.25) is 6.14 Å². The molecule has 2 rings (SSSR count). The summed E-state index contributed by atoms with van der Waals surface area (Å²) >= 11 is -2.75. The van der Waals surface area contributed by atoms with Gasteiger partial charge in [0.25, 0.3) is 0 Å². The molecule has 0 aliphatic rings. The van der Waals surface area contributed by atoms with Crippen molar-refractivity contribution >= 4 is 54.3 Å². The highest BCUT2D eigenvalue weighted by molar-refractivity contribution is 14.2. The van der Waals surface area contributed by atoms with Crippen molar-refractivity contribution in [1.82, 2.24) is 0 Å². The first-order valence-electron chi connectivity index (χ1n) is 5.70. The smallest absolute Gasteiger partial charge is 0.336 e. The predicted octanol–water partition coefficient (Wildman–Crippen LogP) is 3.74. The van der Waals surface area contributed by atoms with Crippen LogP contribution in [-0.4, -0.2) is 22.2 Å². The van der Waals surface area contributed by atoms with Gasteiger partial charge in [-0.05, 0) is 24.3 Å². The molecule has 6 nitrogen and oxygen atoms in total. The Morgan fingerprint density at radius 2 is 1.00 bits per heavy atom. The maximum atomic E-state index is 10.5. The van der Waals surface area contributed by atoms with Crippen LogP contribution in [0.15, 0.2) is 48.5 Å². The maximum absolute atomic E-state index is 10.5. The van der Waals surface area contributed by atoms with Crippen LogP contribution >= 0.6 is 42.4 Å². The minimum atomic E-state index is -1.38. The molecule has 0 aliphatic carbocycles. The van der Waals surface area contributed by atoms with Crippen molar-refractivity contribution in [3.63, 3.8) is 0 Å². The van der Waals surface area contributed by atoms with Gasteiger partial charge in [-0.25, -0.2) is 9.59 Å². The molecule has 0 atom stereocenters. The molecule has 0 amide bonds. The third-order valence-corrected chi connectivity index (χ3v) is 5.21. The van der Waals surface area contributed by atoms with Gasteiger partial charge in [-0.1, -0.05) is 24.3 Å². The zero-order chi connectivity index (χ0) is 16.5. The Morgan fingerprint density at radius 3 is 1.23 bits per heavy atom. The summed E-state index contributed by atoms with van der Waals surface area (Å²) in [6.07, 6.45) is 0. The first-order valence-corrected chi connectivity index (χ1v) is 9.62.